The van der Waals surface area contributed by atoms with Crippen molar-refractivity contribution in [3.63, 3.8) is 0 Å². The number of nitrogens with zero attached hydrogens (tertiary/aromatic N) is 4. The number of alkyl halides is 3. The van der Waals surface area contributed by atoms with Crippen LogP contribution in [0, 0.1) is 12.7 Å². The highest BCUT2D eigenvalue weighted by Gasteiger charge is 2.31. The first-order chi connectivity index (χ1) is 19.5. The summed E-state index contributed by atoms with van der Waals surface area (Å²) in [4.78, 5) is 17.2. The lowest BCUT2D eigenvalue weighted by molar-refractivity contribution is -0.274. The molecule has 1 saturated heterocycles. The Bertz CT molecular complexity index is 1560. The van der Waals surface area contributed by atoms with E-state index in [0.717, 1.165) is 11.3 Å². The first-order valence-corrected chi connectivity index (χ1v) is 13.2. The number of piperazine rings is 1. The maximum absolute atomic E-state index is 15.2. The Labute approximate surface area is 247 Å². The highest BCUT2D eigenvalue weighted by molar-refractivity contribution is 6.03. The van der Waals surface area contributed by atoms with E-state index in [1.54, 1.807) is 55.1 Å². The lowest BCUT2D eigenvalue weighted by Crippen LogP contribution is -2.52. The number of benzene rings is 2. The lowest BCUT2D eigenvalue weighted by atomic mass is 10.0. The first-order valence-electron chi connectivity index (χ1n) is 13.2. The van der Waals surface area contributed by atoms with Crippen LogP contribution in [-0.2, 0) is 6.42 Å². The van der Waals surface area contributed by atoms with Crippen LogP contribution in [0.5, 0.6) is 11.5 Å². The topological polar surface area (TPSA) is 59.3 Å². The van der Waals surface area contributed by atoms with E-state index in [-0.39, 0.29) is 42.2 Å². The lowest BCUT2D eigenvalue weighted by Gasteiger charge is -2.42. The van der Waals surface area contributed by atoms with Crippen LogP contribution in [0.1, 0.15) is 35.0 Å². The number of Topliss-reactive ketones (excluding diaryl/α,β-unsaturated/α-hetero) is 1. The summed E-state index contributed by atoms with van der Waals surface area (Å²) < 4.78 is 63.5. The molecular weight excluding hydrogens is 576 g/mol. The van der Waals surface area contributed by atoms with Crippen molar-refractivity contribution in [1.82, 2.24) is 9.61 Å². The minimum Gasteiger partial charge on any atom is -0.497 e. The van der Waals surface area contributed by atoms with Gasteiger partial charge in [-0.2, -0.15) is 5.10 Å². The number of halogens is 5. The summed E-state index contributed by atoms with van der Waals surface area (Å²) in [5.41, 5.74) is 3.81. The molecule has 12 heteroatoms. The zero-order chi connectivity index (χ0) is 29.3. The third-order valence-electron chi connectivity index (χ3n) is 7.32. The van der Waals surface area contributed by atoms with Crippen LogP contribution in [0.3, 0.4) is 0 Å². The predicted octanol–water partition coefficient (Wildman–Crippen LogP) is 6.64. The van der Waals surface area contributed by atoms with Gasteiger partial charge in [0.2, 0.25) is 0 Å². The van der Waals surface area contributed by atoms with Crippen LogP contribution < -0.4 is 19.3 Å². The smallest absolute Gasteiger partial charge is 0.497 e. The Balaban J connectivity index is 0.00000405. The van der Waals surface area contributed by atoms with Gasteiger partial charge in [-0.05, 0) is 68.3 Å². The Kier molecular flexibility index (Phi) is 9.20. The van der Waals surface area contributed by atoms with Crippen LogP contribution in [0.4, 0.5) is 28.9 Å². The number of methoxy groups -OCH3 is 1. The van der Waals surface area contributed by atoms with Gasteiger partial charge in [0.05, 0.1) is 29.6 Å². The molecule has 0 N–H and O–H groups in total. The van der Waals surface area contributed by atoms with Gasteiger partial charge in [0.15, 0.2) is 5.78 Å². The molecule has 2 aromatic carbocycles. The number of hydrogen-bond donors (Lipinski definition) is 0. The molecule has 5 rings (SSSR count). The summed E-state index contributed by atoms with van der Waals surface area (Å²) in [6, 6.07) is 14.4. The molecule has 224 valence electrons. The van der Waals surface area contributed by atoms with Crippen molar-refractivity contribution in [2.75, 3.05) is 36.5 Å². The van der Waals surface area contributed by atoms with E-state index in [2.05, 4.69) is 14.7 Å². The molecule has 0 saturated carbocycles. The average molecular weight is 607 g/mol. The predicted molar refractivity (Wildman–Crippen MR) is 155 cm³/mol. The van der Waals surface area contributed by atoms with Crippen molar-refractivity contribution in [1.29, 1.82) is 0 Å². The number of carbonyl (C=O) groups excluding carboxylic acids is 1. The maximum Gasteiger partial charge on any atom is 0.573 e. The van der Waals surface area contributed by atoms with Crippen LogP contribution in [0.25, 0.3) is 5.52 Å². The van der Waals surface area contributed by atoms with Crippen molar-refractivity contribution < 1.29 is 31.8 Å². The largest absolute Gasteiger partial charge is 0.573 e. The average Bonchev–Trinajstić information content (AvgIpc) is 3.26. The molecule has 2 aromatic heterocycles. The Morgan fingerprint density at radius 3 is 2.43 bits per heavy atom. The van der Waals surface area contributed by atoms with E-state index >= 15 is 4.39 Å². The Hall–Kier alpha value is -3.99. The van der Waals surface area contributed by atoms with Gasteiger partial charge in [-0.3, -0.25) is 4.79 Å². The van der Waals surface area contributed by atoms with Crippen molar-refractivity contribution >= 4 is 35.1 Å². The van der Waals surface area contributed by atoms with E-state index in [1.165, 1.54) is 18.2 Å². The van der Waals surface area contributed by atoms with Gasteiger partial charge in [-0.25, -0.2) is 8.91 Å². The van der Waals surface area contributed by atoms with Crippen LogP contribution in [-0.4, -0.2) is 54.5 Å². The van der Waals surface area contributed by atoms with E-state index in [4.69, 9.17) is 4.74 Å². The third-order valence-corrected chi connectivity index (χ3v) is 7.32. The van der Waals surface area contributed by atoms with Gasteiger partial charge >= 0.3 is 6.36 Å². The number of carbonyl (C=O) groups is 1. The molecular formula is C30H31ClF4N4O3. The number of fused-ring (bicyclic) bond motifs is 1. The third kappa shape index (κ3) is 6.73. The van der Waals surface area contributed by atoms with Crippen LogP contribution in [0.2, 0.25) is 0 Å². The molecule has 42 heavy (non-hydrogen) atoms. The molecule has 1 aliphatic rings. The number of ketones is 1. The van der Waals surface area contributed by atoms with Gasteiger partial charge in [0, 0.05) is 50.0 Å². The minimum absolute atomic E-state index is 0. The fourth-order valence-electron chi connectivity index (χ4n) is 5.36. The molecule has 0 amide bonds. The van der Waals surface area contributed by atoms with E-state index in [9.17, 15) is 18.0 Å². The SMILES string of the molecule is COc1ccn2nc(C)c(C(=O)CCc3ccc(N4CCN(c5ccc(OC(F)(F)F)cc5)[C@H](C)C4)c(F)c3)c2c1.Cl. The number of rotatable bonds is 8. The first kappa shape index (κ1) is 31.0. The number of hydrogen-bond acceptors (Lipinski definition) is 6. The second kappa shape index (κ2) is 12.5. The van der Waals surface area contributed by atoms with Gasteiger partial charge in [0.1, 0.15) is 17.3 Å². The van der Waals surface area contributed by atoms with Gasteiger partial charge in [-0.15, -0.1) is 25.6 Å². The molecule has 1 fully saturated rings. The summed E-state index contributed by atoms with van der Waals surface area (Å²) in [5, 5.41) is 4.41. The maximum atomic E-state index is 15.2. The fraction of sp³-hybridized carbons (Fsp3) is 0.333. The molecule has 0 unspecified atom stereocenters. The van der Waals surface area contributed by atoms with Crippen LogP contribution in [0.15, 0.2) is 60.8 Å². The summed E-state index contributed by atoms with van der Waals surface area (Å²) in [6.45, 7) is 5.42. The van der Waals surface area contributed by atoms with Gasteiger partial charge in [-0.1, -0.05) is 6.07 Å². The minimum atomic E-state index is -4.74. The number of aryl methyl sites for hydroxylation is 2. The highest BCUT2D eigenvalue weighted by atomic mass is 35.5. The summed E-state index contributed by atoms with van der Waals surface area (Å²) in [5.74, 6) is -0.0718. The standard InChI is InChI=1S/C30H30F4N4O3.ClH/c1-19-18-36(14-15-37(19)22-6-8-23(9-7-22)41-30(32,33)34)26-10-4-21(16-25(26)31)5-11-28(39)29-20(2)35-38-13-12-24(40-3)17-27(29)38;/h4,6-10,12-13,16-17,19H,5,11,14-15,18H2,1-3H3;1H/t19-;/m1./s1. The highest BCUT2D eigenvalue weighted by Crippen LogP contribution is 2.30. The second-order valence-corrected chi connectivity index (χ2v) is 10.1. The molecule has 1 aliphatic heterocycles. The number of ether oxygens (including phenoxy) is 2. The zero-order valence-corrected chi connectivity index (χ0v) is 24.1. The van der Waals surface area contributed by atoms with Crippen molar-refractivity contribution in [3.8, 4) is 11.5 Å². The number of anilines is 2. The monoisotopic (exact) mass is 606 g/mol. The summed E-state index contributed by atoms with van der Waals surface area (Å²) >= 11 is 0. The molecule has 0 spiro atoms. The van der Waals surface area contributed by atoms with Crippen molar-refractivity contribution in [2.24, 2.45) is 0 Å². The van der Waals surface area contributed by atoms with Gasteiger partial charge in [0.25, 0.3) is 0 Å². The molecule has 4 aromatic rings. The van der Waals surface area contributed by atoms with Crippen LogP contribution >= 0.6 is 12.4 Å². The van der Waals surface area contributed by atoms with E-state index in [1.807, 2.05) is 17.9 Å². The fourth-order valence-corrected chi connectivity index (χ4v) is 5.36. The molecule has 1 atom stereocenters. The molecule has 0 bridgehead atoms. The molecule has 0 aliphatic carbocycles. The second-order valence-electron chi connectivity index (χ2n) is 10.1. The summed E-state index contributed by atoms with van der Waals surface area (Å²) in [6.07, 6.45) is -2.40. The molecule has 7 nitrogen and oxygen atoms in total. The Morgan fingerprint density at radius 2 is 1.79 bits per heavy atom. The normalized spacial score (nSPS) is 15.5. The number of pyridine rings is 1. The quantitative estimate of drug-likeness (QED) is 0.166. The van der Waals surface area contributed by atoms with Gasteiger partial charge < -0.3 is 19.3 Å². The van der Waals surface area contributed by atoms with E-state index < -0.39 is 6.36 Å². The van der Waals surface area contributed by atoms with Crippen molar-refractivity contribution in [2.45, 2.75) is 39.1 Å². The molecule has 3 heterocycles. The summed E-state index contributed by atoms with van der Waals surface area (Å²) in [7, 11) is 1.56. The zero-order valence-electron chi connectivity index (χ0n) is 23.3. The van der Waals surface area contributed by atoms with Crippen molar-refractivity contribution in [3.05, 3.63) is 83.4 Å². The van der Waals surface area contributed by atoms with E-state index in [0.29, 0.717) is 54.3 Å². The molecule has 0 radical (unpaired) electrons. The number of aromatic nitrogens is 2. The Morgan fingerprint density at radius 1 is 1.05 bits per heavy atom.